The number of para-hydroxylation sites is 2. The van der Waals surface area contributed by atoms with E-state index in [1.165, 1.54) is 83.6 Å². The van der Waals surface area contributed by atoms with E-state index in [9.17, 15) is 0 Å². The van der Waals surface area contributed by atoms with Crippen molar-refractivity contribution in [2.24, 2.45) is 0 Å². The van der Waals surface area contributed by atoms with Gasteiger partial charge in [0.2, 0.25) is 0 Å². The van der Waals surface area contributed by atoms with Crippen LogP contribution < -0.4 is 4.90 Å². The quantitative estimate of drug-likeness (QED) is 0.177. The monoisotopic (exact) mass is 797 g/mol. The molecule has 0 radical (unpaired) electrons. The first kappa shape index (κ1) is 36.6. The van der Waals surface area contributed by atoms with Crippen molar-refractivity contribution in [2.45, 2.75) is 50.9 Å². The Bertz CT molecular complexity index is 3390. The van der Waals surface area contributed by atoms with E-state index in [1.54, 1.807) is 0 Å². The topological polar surface area (TPSA) is 20.5 Å². The molecule has 3 nitrogen and oxygen atoms in total. The number of imidazole rings is 1. The van der Waals surface area contributed by atoms with E-state index in [-0.39, 0.29) is 16.7 Å². The standard InChI is InChI=1S/C59H47N3/c1-58(2)49-24-14-11-19-42(49)33-47(38-17-7-5-8-18-38)45-30-27-41(35-51(45)58)48-37-61-56-36-40(28-31-53(56)60-57(61)46-23-13-12-22-44(46)48)39-29-32-55-52(34-39)59(3,4)50-25-15-16-26-54(50)62(55)43-20-9-6-10-21-43/h5-32,34-37,47H,33H2,1-4H3. The van der Waals surface area contributed by atoms with Crippen molar-refractivity contribution < 1.29 is 0 Å². The van der Waals surface area contributed by atoms with Crippen molar-refractivity contribution in [3.63, 3.8) is 0 Å². The van der Waals surface area contributed by atoms with Crippen LogP contribution >= 0.6 is 0 Å². The maximum absolute atomic E-state index is 5.31. The van der Waals surface area contributed by atoms with Gasteiger partial charge in [-0.15, -0.1) is 0 Å². The molecular formula is C59H47N3. The van der Waals surface area contributed by atoms with E-state index < -0.39 is 0 Å². The van der Waals surface area contributed by atoms with Gasteiger partial charge in [-0.3, -0.25) is 4.40 Å². The van der Waals surface area contributed by atoms with Gasteiger partial charge >= 0.3 is 0 Å². The number of hydrogen-bond acceptors (Lipinski definition) is 2. The Morgan fingerprint density at radius 3 is 1.94 bits per heavy atom. The van der Waals surface area contributed by atoms with Gasteiger partial charge in [0, 0.05) is 39.6 Å². The van der Waals surface area contributed by atoms with E-state index >= 15 is 0 Å². The lowest BCUT2D eigenvalue weighted by atomic mass is 9.73. The average molecular weight is 798 g/mol. The third kappa shape index (κ3) is 5.47. The van der Waals surface area contributed by atoms with E-state index in [4.69, 9.17) is 4.98 Å². The number of aromatic nitrogens is 2. The molecule has 12 rings (SSSR count). The summed E-state index contributed by atoms with van der Waals surface area (Å²) in [6, 6.07) is 69.7. The van der Waals surface area contributed by atoms with Gasteiger partial charge in [0.15, 0.2) is 0 Å². The number of fused-ring (bicyclic) bond motifs is 9. The van der Waals surface area contributed by atoms with Crippen LogP contribution in [0.25, 0.3) is 49.7 Å². The number of rotatable bonds is 4. The first-order valence-corrected chi connectivity index (χ1v) is 22.0. The molecule has 0 N–H and O–H groups in total. The molecule has 62 heavy (non-hydrogen) atoms. The smallest absolute Gasteiger partial charge is 0.145 e. The fourth-order valence-electron chi connectivity index (χ4n) is 11.0. The number of anilines is 3. The van der Waals surface area contributed by atoms with Gasteiger partial charge < -0.3 is 4.90 Å². The first-order valence-electron chi connectivity index (χ1n) is 22.0. The Kier molecular flexibility index (Phi) is 8.05. The van der Waals surface area contributed by atoms with Crippen molar-refractivity contribution >= 4 is 44.5 Å². The third-order valence-corrected chi connectivity index (χ3v) is 14.2. The summed E-state index contributed by atoms with van der Waals surface area (Å²) >= 11 is 0. The van der Waals surface area contributed by atoms with Crippen LogP contribution in [0.5, 0.6) is 0 Å². The molecule has 8 aromatic carbocycles. The van der Waals surface area contributed by atoms with Crippen molar-refractivity contribution in [1.82, 2.24) is 9.38 Å². The highest BCUT2D eigenvalue weighted by molar-refractivity contribution is 6.06. The fourth-order valence-corrected chi connectivity index (χ4v) is 11.0. The molecule has 0 saturated carbocycles. The van der Waals surface area contributed by atoms with Crippen molar-refractivity contribution in [3.05, 3.63) is 233 Å². The van der Waals surface area contributed by atoms with Crippen LogP contribution in [0.3, 0.4) is 0 Å². The summed E-state index contributed by atoms with van der Waals surface area (Å²) in [6.07, 6.45) is 3.32. The lowest BCUT2D eigenvalue weighted by Gasteiger charge is -2.42. The Labute approximate surface area is 363 Å². The molecule has 0 bridgehead atoms. The van der Waals surface area contributed by atoms with Gasteiger partial charge in [0.25, 0.3) is 0 Å². The molecule has 1 atom stereocenters. The van der Waals surface area contributed by atoms with E-state index in [0.717, 1.165) is 28.5 Å². The lowest BCUT2D eigenvalue weighted by molar-refractivity contribution is 0.632. The highest BCUT2D eigenvalue weighted by Gasteiger charge is 2.38. The fraction of sp³-hybridized carbons (Fsp3) is 0.136. The molecule has 1 unspecified atom stereocenters. The summed E-state index contributed by atoms with van der Waals surface area (Å²) in [7, 11) is 0. The number of nitrogens with zero attached hydrogens (tertiary/aromatic N) is 3. The molecule has 2 aliphatic rings. The second-order valence-corrected chi connectivity index (χ2v) is 18.4. The van der Waals surface area contributed by atoms with Crippen LogP contribution in [0.4, 0.5) is 17.1 Å². The lowest BCUT2D eigenvalue weighted by Crippen LogP contribution is -2.30. The average Bonchev–Trinajstić information content (AvgIpc) is 3.65. The SMILES string of the molecule is CC1(C)c2ccccc2CC(c2ccccc2)c2ccc(-c3cn4c5cc(-c6ccc7c(c6)C(C)(C)c6ccccc6N7c6ccccc6)ccc5nc4c4ccccc34)cc21. The molecular weight excluding hydrogens is 751 g/mol. The molecule has 0 spiro atoms. The first-order chi connectivity index (χ1) is 30.3. The highest BCUT2D eigenvalue weighted by atomic mass is 15.2. The van der Waals surface area contributed by atoms with E-state index in [1.807, 2.05) is 0 Å². The van der Waals surface area contributed by atoms with Gasteiger partial charge in [-0.1, -0.05) is 167 Å². The second kappa shape index (κ2) is 13.6. The van der Waals surface area contributed by atoms with Crippen molar-refractivity contribution in [1.29, 1.82) is 0 Å². The minimum absolute atomic E-state index is 0.189. The third-order valence-electron chi connectivity index (χ3n) is 14.2. The van der Waals surface area contributed by atoms with Crippen LogP contribution in [0.15, 0.2) is 194 Å². The number of benzene rings is 8. The van der Waals surface area contributed by atoms with Gasteiger partial charge in [-0.25, -0.2) is 4.98 Å². The Balaban J connectivity index is 1.03. The van der Waals surface area contributed by atoms with Crippen LogP contribution in [0.2, 0.25) is 0 Å². The van der Waals surface area contributed by atoms with Crippen LogP contribution in [0, 0.1) is 0 Å². The number of hydrogen-bond donors (Lipinski definition) is 0. The molecule has 0 fully saturated rings. The molecule has 10 aromatic rings. The second-order valence-electron chi connectivity index (χ2n) is 18.4. The normalized spacial score (nSPS) is 16.1. The summed E-state index contributed by atoms with van der Waals surface area (Å²) in [5.74, 6) is 0.267. The summed E-state index contributed by atoms with van der Waals surface area (Å²) < 4.78 is 2.34. The van der Waals surface area contributed by atoms with Gasteiger partial charge in [-0.05, 0) is 116 Å². The zero-order valence-electron chi connectivity index (χ0n) is 35.6. The van der Waals surface area contributed by atoms with Gasteiger partial charge in [0.05, 0.1) is 22.4 Å². The molecule has 298 valence electrons. The van der Waals surface area contributed by atoms with Gasteiger partial charge in [0.1, 0.15) is 5.65 Å². The number of pyridine rings is 1. The largest absolute Gasteiger partial charge is 0.310 e. The summed E-state index contributed by atoms with van der Waals surface area (Å²) in [6.45, 7) is 9.55. The van der Waals surface area contributed by atoms with E-state index in [0.29, 0.717) is 0 Å². The Hall–Kier alpha value is -7.23. The molecule has 1 aliphatic heterocycles. The molecule has 1 aliphatic carbocycles. The molecule has 3 heterocycles. The maximum atomic E-state index is 5.31. The van der Waals surface area contributed by atoms with Gasteiger partial charge in [-0.2, -0.15) is 0 Å². The van der Waals surface area contributed by atoms with Crippen LogP contribution in [0.1, 0.15) is 72.6 Å². The summed E-state index contributed by atoms with van der Waals surface area (Å²) in [5, 5.41) is 2.36. The Morgan fingerprint density at radius 2 is 1.11 bits per heavy atom. The minimum atomic E-state index is -0.194. The molecule has 3 heteroatoms. The molecule has 0 saturated heterocycles. The van der Waals surface area contributed by atoms with Crippen molar-refractivity contribution in [2.75, 3.05) is 4.90 Å². The predicted molar refractivity (Wildman–Crippen MR) is 258 cm³/mol. The molecule has 0 amide bonds. The summed E-state index contributed by atoms with van der Waals surface area (Å²) in [4.78, 5) is 7.73. The minimum Gasteiger partial charge on any atom is -0.310 e. The summed E-state index contributed by atoms with van der Waals surface area (Å²) in [5.41, 5.74) is 20.7. The van der Waals surface area contributed by atoms with E-state index in [2.05, 4.69) is 231 Å². The van der Waals surface area contributed by atoms with Crippen LogP contribution in [-0.4, -0.2) is 9.38 Å². The zero-order chi connectivity index (χ0) is 41.7. The molecule has 2 aromatic heterocycles. The van der Waals surface area contributed by atoms with Crippen molar-refractivity contribution in [3.8, 4) is 22.3 Å². The highest BCUT2D eigenvalue weighted by Crippen LogP contribution is 2.53. The predicted octanol–water partition coefficient (Wildman–Crippen LogP) is 15.1. The Morgan fingerprint density at radius 1 is 0.500 bits per heavy atom. The van der Waals surface area contributed by atoms with Crippen LogP contribution in [-0.2, 0) is 17.3 Å². The maximum Gasteiger partial charge on any atom is 0.145 e. The zero-order valence-corrected chi connectivity index (χ0v) is 35.6.